The molecule has 2 amide bonds. The van der Waals surface area contributed by atoms with Gasteiger partial charge >= 0.3 is 0 Å². The molecule has 3 rings (SSSR count). The lowest BCUT2D eigenvalue weighted by atomic mass is 10.1. The quantitative estimate of drug-likeness (QED) is 0.562. The van der Waals surface area contributed by atoms with Gasteiger partial charge in [0.05, 0.1) is 10.7 Å². The number of thiazole rings is 1. The van der Waals surface area contributed by atoms with Gasteiger partial charge in [-0.05, 0) is 63.6 Å². The van der Waals surface area contributed by atoms with E-state index < -0.39 is 0 Å². The number of carbonyl (C=O) groups excluding carboxylic acids is 2. The van der Waals surface area contributed by atoms with Crippen LogP contribution in [-0.2, 0) is 6.42 Å². The van der Waals surface area contributed by atoms with Crippen molar-refractivity contribution >= 4 is 23.2 Å². The average Bonchev–Trinajstić information content (AvgIpc) is 3.19. The number of hydrogen-bond acceptors (Lipinski definition) is 5. The number of rotatable bonds is 7. The van der Waals surface area contributed by atoms with Gasteiger partial charge in [0.15, 0.2) is 0 Å². The normalized spacial score (nSPS) is 11.2. The monoisotopic (exact) mass is 422 g/mol. The van der Waals surface area contributed by atoms with Gasteiger partial charge in [0.2, 0.25) is 0 Å². The van der Waals surface area contributed by atoms with Crippen molar-refractivity contribution < 1.29 is 9.59 Å². The molecule has 0 saturated heterocycles. The van der Waals surface area contributed by atoms with Crippen molar-refractivity contribution in [3.05, 3.63) is 70.3 Å². The zero-order valence-corrected chi connectivity index (χ0v) is 18.3. The van der Waals surface area contributed by atoms with Crippen molar-refractivity contribution in [3.63, 3.8) is 0 Å². The largest absolute Gasteiger partial charge is 0.352 e. The average molecular weight is 423 g/mol. The summed E-state index contributed by atoms with van der Waals surface area (Å²) < 4.78 is 0. The number of hydrogen-bond donors (Lipinski definition) is 2. The molecule has 0 aliphatic carbocycles. The first-order chi connectivity index (χ1) is 14.3. The Labute approximate surface area is 180 Å². The second-order valence-electron chi connectivity index (χ2n) is 8.00. The van der Waals surface area contributed by atoms with Crippen molar-refractivity contribution in [2.45, 2.75) is 39.2 Å². The number of aryl methyl sites for hydroxylation is 1. The van der Waals surface area contributed by atoms with E-state index in [0.717, 1.165) is 29.1 Å². The van der Waals surface area contributed by atoms with Crippen molar-refractivity contribution in [2.75, 3.05) is 6.54 Å². The highest BCUT2D eigenvalue weighted by Gasteiger charge is 2.15. The van der Waals surface area contributed by atoms with E-state index in [4.69, 9.17) is 0 Å². The molecular formula is C23H26N4O2S. The third-order valence-electron chi connectivity index (χ3n) is 4.28. The van der Waals surface area contributed by atoms with Crippen LogP contribution in [0.3, 0.4) is 0 Å². The maximum Gasteiger partial charge on any atom is 0.251 e. The molecule has 0 saturated carbocycles. The number of aromatic nitrogens is 2. The predicted molar refractivity (Wildman–Crippen MR) is 120 cm³/mol. The first-order valence-electron chi connectivity index (χ1n) is 9.87. The summed E-state index contributed by atoms with van der Waals surface area (Å²) in [6, 6.07) is 10.6. The fourth-order valence-corrected chi connectivity index (χ4v) is 3.66. The zero-order chi connectivity index (χ0) is 21.6. The smallest absolute Gasteiger partial charge is 0.251 e. The van der Waals surface area contributed by atoms with E-state index in [1.54, 1.807) is 48.0 Å². The van der Waals surface area contributed by atoms with Gasteiger partial charge < -0.3 is 10.6 Å². The first-order valence-corrected chi connectivity index (χ1v) is 10.8. The zero-order valence-electron chi connectivity index (χ0n) is 17.4. The van der Waals surface area contributed by atoms with Crippen molar-refractivity contribution in [3.8, 4) is 11.3 Å². The molecule has 0 spiro atoms. The van der Waals surface area contributed by atoms with Crippen LogP contribution in [0.25, 0.3) is 11.3 Å². The maximum absolute atomic E-state index is 12.3. The first kappa shape index (κ1) is 21.6. The SMILES string of the molecule is CC(C)(C)NC(=O)c1ccc(C(=O)NCCCc2nc(-c3ccncc3)cs2)cc1. The highest BCUT2D eigenvalue weighted by Crippen LogP contribution is 2.21. The van der Waals surface area contributed by atoms with Crippen molar-refractivity contribution in [1.82, 2.24) is 20.6 Å². The summed E-state index contributed by atoms with van der Waals surface area (Å²) in [5, 5.41) is 8.92. The minimum Gasteiger partial charge on any atom is -0.352 e. The van der Waals surface area contributed by atoms with Gasteiger partial charge in [-0.1, -0.05) is 0 Å². The van der Waals surface area contributed by atoms with Gasteiger partial charge in [-0.2, -0.15) is 0 Å². The Morgan fingerprint density at radius 1 is 0.967 bits per heavy atom. The highest BCUT2D eigenvalue weighted by molar-refractivity contribution is 7.09. The van der Waals surface area contributed by atoms with E-state index in [9.17, 15) is 9.59 Å². The minimum atomic E-state index is -0.302. The van der Waals surface area contributed by atoms with Gasteiger partial charge in [0.25, 0.3) is 11.8 Å². The molecule has 0 aliphatic rings. The Kier molecular flexibility index (Phi) is 6.95. The standard InChI is InChI=1S/C23H26N4O2S/c1-23(2,3)27-22(29)18-8-6-17(7-9-18)21(28)25-12-4-5-20-26-19(15-30-20)16-10-13-24-14-11-16/h6-11,13-15H,4-5,12H2,1-3H3,(H,25,28)(H,27,29). The second-order valence-corrected chi connectivity index (χ2v) is 8.95. The molecule has 0 aliphatic heterocycles. The fraction of sp³-hybridized carbons (Fsp3) is 0.304. The van der Waals surface area contributed by atoms with Gasteiger partial charge in [0, 0.05) is 53.0 Å². The molecule has 0 fully saturated rings. The molecule has 6 nitrogen and oxygen atoms in total. The molecule has 0 bridgehead atoms. The third kappa shape index (κ3) is 6.22. The van der Waals surface area contributed by atoms with Gasteiger partial charge in [-0.15, -0.1) is 11.3 Å². The minimum absolute atomic E-state index is 0.144. The summed E-state index contributed by atoms with van der Waals surface area (Å²) in [4.78, 5) is 33.2. The van der Waals surface area contributed by atoms with Crippen LogP contribution >= 0.6 is 11.3 Å². The van der Waals surface area contributed by atoms with Gasteiger partial charge in [-0.3, -0.25) is 14.6 Å². The van der Waals surface area contributed by atoms with Crippen LogP contribution in [0.2, 0.25) is 0 Å². The summed E-state index contributed by atoms with van der Waals surface area (Å²) in [6.45, 7) is 6.35. The molecule has 2 N–H and O–H groups in total. The van der Waals surface area contributed by atoms with Gasteiger partial charge in [0.1, 0.15) is 0 Å². The number of amides is 2. The molecule has 0 radical (unpaired) electrons. The van der Waals surface area contributed by atoms with Crippen molar-refractivity contribution in [2.24, 2.45) is 0 Å². The molecule has 2 aromatic heterocycles. The fourth-order valence-electron chi connectivity index (χ4n) is 2.81. The Morgan fingerprint density at radius 2 is 1.60 bits per heavy atom. The number of nitrogens with one attached hydrogen (secondary N) is 2. The van der Waals surface area contributed by atoms with Crippen LogP contribution in [0.1, 0.15) is 52.9 Å². The Bertz CT molecular complexity index is 992. The second kappa shape index (κ2) is 9.63. The molecule has 156 valence electrons. The topological polar surface area (TPSA) is 84.0 Å². The third-order valence-corrected chi connectivity index (χ3v) is 5.19. The molecule has 0 atom stereocenters. The van der Waals surface area contributed by atoms with Crippen LogP contribution in [0.15, 0.2) is 54.2 Å². The van der Waals surface area contributed by atoms with Crippen LogP contribution in [-0.4, -0.2) is 33.9 Å². The molecule has 3 aromatic rings. The lowest BCUT2D eigenvalue weighted by Gasteiger charge is -2.20. The number of carbonyl (C=O) groups is 2. The van der Waals surface area contributed by atoms with Crippen LogP contribution in [0.4, 0.5) is 0 Å². The van der Waals surface area contributed by atoms with E-state index in [-0.39, 0.29) is 17.4 Å². The van der Waals surface area contributed by atoms with E-state index >= 15 is 0 Å². The van der Waals surface area contributed by atoms with E-state index in [2.05, 4.69) is 20.6 Å². The van der Waals surface area contributed by atoms with E-state index in [0.29, 0.717) is 17.7 Å². The lowest BCUT2D eigenvalue weighted by Crippen LogP contribution is -2.40. The Morgan fingerprint density at radius 3 is 2.23 bits per heavy atom. The van der Waals surface area contributed by atoms with Gasteiger partial charge in [-0.25, -0.2) is 4.98 Å². The molecular weight excluding hydrogens is 396 g/mol. The lowest BCUT2D eigenvalue weighted by molar-refractivity contribution is 0.0915. The molecule has 2 heterocycles. The molecule has 30 heavy (non-hydrogen) atoms. The van der Waals surface area contributed by atoms with Crippen LogP contribution in [0.5, 0.6) is 0 Å². The Hall–Kier alpha value is -3.06. The van der Waals surface area contributed by atoms with Crippen molar-refractivity contribution in [1.29, 1.82) is 0 Å². The summed E-state index contributed by atoms with van der Waals surface area (Å²) in [7, 11) is 0. The number of pyridine rings is 1. The highest BCUT2D eigenvalue weighted by atomic mass is 32.1. The van der Waals surface area contributed by atoms with Crippen LogP contribution < -0.4 is 10.6 Å². The predicted octanol–water partition coefficient (Wildman–Crippen LogP) is 4.10. The summed E-state index contributed by atoms with van der Waals surface area (Å²) in [6.07, 6.45) is 5.13. The number of benzene rings is 1. The molecule has 0 unspecified atom stereocenters. The number of nitrogens with zero attached hydrogens (tertiary/aromatic N) is 2. The van der Waals surface area contributed by atoms with E-state index in [1.165, 1.54) is 0 Å². The Balaban J connectivity index is 1.45. The maximum atomic E-state index is 12.3. The van der Waals surface area contributed by atoms with E-state index in [1.807, 2.05) is 38.3 Å². The summed E-state index contributed by atoms with van der Waals surface area (Å²) in [5.74, 6) is -0.293. The van der Waals surface area contributed by atoms with Crippen LogP contribution in [0, 0.1) is 0 Å². The molecule has 1 aromatic carbocycles. The summed E-state index contributed by atoms with van der Waals surface area (Å²) in [5.41, 5.74) is 2.79. The molecule has 7 heteroatoms. The summed E-state index contributed by atoms with van der Waals surface area (Å²) >= 11 is 1.63.